The predicted octanol–water partition coefficient (Wildman–Crippen LogP) is 4.18. The lowest BCUT2D eigenvalue weighted by Crippen LogP contribution is -2.46. The molecule has 0 saturated heterocycles. The number of carbonyl (C=O) groups excluding carboxylic acids is 2. The van der Waals surface area contributed by atoms with Crippen LogP contribution in [0.3, 0.4) is 0 Å². The number of ether oxygens (including phenoxy) is 1. The lowest BCUT2D eigenvalue weighted by atomic mass is 9.95. The van der Waals surface area contributed by atoms with E-state index in [9.17, 15) is 19.7 Å². The fourth-order valence-corrected chi connectivity index (χ4v) is 3.65. The van der Waals surface area contributed by atoms with Crippen molar-refractivity contribution in [1.29, 1.82) is 0 Å². The van der Waals surface area contributed by atoms with E-state index in [4.69, 9.17) is 17.0 Å². The highest BCUT2D eigenvalue weighted by Gasteiger charge is 2.33. The highest BCUT2D eigenvalue weighted by Crippen LogP contribution is 2.31. The van der Waals surface area contributed by atoms with E-state index in [-0.39, 0.29) is 17.2 Å². The maximum Gasteiger partial charge on any atom is 0.338 e. The number of hydrogen-bond acceptors (Lipinski definition) is 6. The Labute approximate surface area is 202 Å². The monoisotopic (exact) mass is 482 g/mol. The third kappa shape index (κ3) is 5.57. The number of non-ortho nitro benzene ring substituents is 1. The number of anilines is 1. The van der Waals surface area contributed by atoms with E-state index in [1.54, 1.807) is 36.2 Å². The van der Waals surface area contributed by atoms with Crippen LogP contribution in [0.25, 0.3) is 0 Å². The summed E-state index contributed by atoms with van der Waals surface area (Å²) >= 11 is 5.42. The van der Waals surface area contributed by atoms with Crippen molar-refractivity contribution in [3.63, 3.8) is 0 Å². The molecule has 9 nitrogen and oxygen atoms in total. The van der Waals surface area contributed by atoms with E-state index in [0.29, 0.717) is 28.7 Å². The standard InChI is InChI=1S/C24H26N4O5S/c1-14(2)13-33-23(30)20-15(3)27(4)24(34)26-21(20)16-8-10-18(11-9-16)25-22(29)17-6-5-7-19(12-17)28(31)32/h5-12,14,21H,13H2,1-4H3,(H,25,29)(H,26,34). The fourth-order valence-electron chi connectivity index (χ4n) is 3.39. The van der Waals surface area contributed by atoms with Crippen LogP contribution in [-0.2, 0) is 9.53 Å². The number of nitro groups is 1. The largest absolute Gasteiger partial charge is 0.462 e. The number of nitro benzene ring substituents is 1. The fraction of sp³-hybridized carbons (Fsp3) is 0.292. The molecule has 0 saturated carbocycles. The summed E-state index contributed by atoms with van der Waals surface area (Å²) in [6.07, 6.45) is 0. The Balaban J connectivity index is 1.82. The first-order valence-electron chi connectivity index (χ1n) is 10.7. The van der Waals surface area contributed by atoms with Gasteiger partial charge in [-0.15, -0.1) is 0 Å². The Bertz CT molecular complexity index is 1160. The Hall–Kier alpha value is -3.79. The molecule has 3 rings (SSSR count). The van der Waals surface area contributed by atoms with E-state index in [2.05, 4.69) is 10.6 Å². The number of rotatable bonds is 7. The van der Waals surface area contributed by atoms with Crippen LogP contribution in [0.5, 0.6) is 0 Å². The molecule has 178 valence electrons. The maximum atomic E-state index is 12.9. The molecule has 0 spiro atoms. The van der Waals surface area contributed by atoms with Crippen molar-refractivity contribution in [2.75, 3.05) is 19.0 Å². The summed E-state index contributed by atoms with van der Waals surface area (Å²) in [6.45, 7) is 6.05. The van der Waals surface area contributed by atoms with Crippen molar-refractivity contribution < 1.29 is 19.2 Å². The van der Waals surface area contributed by atoms with E-state index >= 15 is 0 Å². The third-order valence-electron chi connectivity index (χ3n) is 5.34. The smallest absolute Gasteiger partial charge is 0.338 e. The van der Waals surface area contributed by atoms with Crippen LogP contribution in [0, 0.1) is 16.0 Å². The van der Waals surface area contributed by atoms with Gasteiger partial charge in [-0.1, -0.05) is 32.0 Å². The summed E-state index contributed by atoms with van der Waals surface area (Å²) < 4.78 is 5.49. The van der Waals surface area contributed by atoms with Crippen molar-refractivity contribution in [2.24, 2.45) is 5.92 Å². The molecule has 1 atom stereocenters. The van der Waals surface area contributed by atoms with E-state index < -0.39 is 22.8 Å². The molecule has 2 N–H and O–H groups in total. The lowest BCUT2D eigenvalue weighted by molar-refractivity contribution is -0.384. The van der Waals surface area contributed by atoms with Gasteiger partial charge in [0.05, 0.1) is 23.1 Å². The first-order chi connectivity index (χ1) is 16.1. The van der Waals surface area contributed by atoms with Gasteiger partial charge in [0.15, 0.2) is 5.11 Å². The first-order valence-corrected chi connectivity index (χ1v) is 11.1. The number of benzene rings is 2. The number of esters is 1. The molecule has 2 aromatic carbocycles. The van der Waals surface area contributed by atoms with Gasteiger partial charge in [-0.2, -0.15) is 0 Å². The number of carbonyl (C=O) groups is 2. The molecule has 1 unspecified atom stereocenters. The summed E-state index contributed by atoms with van der Waals surface area (Å²) in [5.74, 6) is -0.683. The summed E-state index contributed by atoms with van der Waals surface area (Å²) in [7, 11) is 1.78. The molecule has 1 heterocycles. The molecule has 0 bridgehead atoms. The number of hydrogen-bond donors (Lipinski definition) is 2. The second-order valence-corrected chi connectivity index (χ2v) is 8.70. The third-order valence-corrected chi connectivity index (χ3v) is 5.73. The molecule has 1 amide bonds. The highest BCUT2D eigenvalue weighted by molar-refractivity contribution is 7.80. The van der Waals surface area contributed by atoms with Crippen LogP contribution in [0.2, 0.25) is 0 Å². The van der Waals surface area contributed by atoms with Gasteiger partial charge in [-0.25, -0.2) is 4.79 Å². The topological polar surface area (TPSA) is 114 Å². The zero-order valence-electron chi connectivity index (χ0n) is 19.3. The maximum absolute atomic E-state index is 12.9. The zero-order chi connectivity index (χ0) is 25.0. The summed E-state index contributed by atoms with van der Waals surface area (Å²) in [6, 6.07) is 11.9. The Kier molecular flexibility index (Phi) is 7.62. The van der Waals surface area contributed by atoms with E-state index in [1.165, 1.54) is 24.3 Å². The van der Waals surface area contributed by atoms with Crippen LogP contribution in [-0.4, -0.2) is 40.5 Å². The highest BCUT2D eigenvalue weighted by atomic mass is 32.1. The minimum absolute atomic E-state index is 0.161. The van der Waals surface area contributed by atoms with Crippen molar-refractivity contribution in [1.82, 2.24) is 10.2 Å². The van der Waals surface area contributed by atoms with Gasteiger partial charge in [-0.3, -0.25) is 14.9 Å². The molecule has 34 heavy (non-hydrogen) atoms. The van der Waals surface area contributed by atoms with E-state index in [1.807, 2.05) is 20.8 Å². The van der Waals surface area contributed by atoms with Gasteiger partial charge >= 0.3 is 5.97 Å². The number of thiocarbonyl (C=S) groups is 1. The molecular weight excluding hydrogens is 456 g/mol. The summed E-state index contributed by atoms with van der Waals surface area (Å²) in [5.41, 5.74) is 2.44. The Morgan fingerprint density at radius 2 is 1.91 bits per heavy atom. The molecule has 0 aromatic heterocycles. The molecule has 2 aromatic rings. The molecule has 0 radical (unpaired) electrons. The SMILES string of the molecule is CC1=C(C(=O)OCC(C)C)C(c2ccc(NC(=O)c3cccc([N+](=O)[O-])c3)cc2)NC(=S)N1C. The number of nitrogens with zero attached hydrogens (tertiary/aromatic N) is 2. The second-order valence-electron chi connectivity index (χ2n) is 8.32. The quantitative estimate of drug-likeness (QED) is 0.261. The average molecular weight is 483 g/mol. The van der Waals surface area contributed by atoms with Crippen molar-refractivity contribution in [2.45, 2.75) is 26.8 Å². The van der Waals surface area contributed by atoms with Crippen LogP contribution >= 0.6 is 12.2 Å². The second kappa shape index (κ2) is 10.4. The van der Waals surface area contributed by atoms with Gasteiger partial charge in [0.25, 0.3) is 11.6 Å². The molecule has 0 aliphatic carbocycles. The minimum atomic E-state index is -0.552. The van der Waals surface area contributed by atoms with Gasteiger partial charge in [0.2, 0.25) is 0 Å². The normalized spacial score (nSPS) is 15.7. The zero-order valence-corrected chi connectivity index (χ0v) is 20.1. The van der Waals surface area contributed by atoms with Gasteiger partial charge in [0, 0.05) is 36.1 Å². The van der Waals surface area contributed by atoms with Gasteiger partial charge in [-0.05, 0) is 48.8 Å². The minimum Gasteiger partial charge on any atom is -0.462 e. The van der Waals surface area contributed by atoms with E-state index in [0.717, 1.165) is 5.56 Å². The molecule has 0 fully saturated rings. The summed E-state index contributed by atoms with van der Waals surface area (Å²) in [4.78, 5) is 37.6. The molecular formula is C24H26N4O5S. The first kappa shape index (κ1) is 24.8. The van der Waals surface area contributed by atoms with Crippen LogP contribution in [0.15, 0.2) is 59.8 Å². The molecule has 10 heteroatoms. The summed E-state index contributed by atoms with van der Waals surface area (Å²) in [5, 5.41) is 17.3. The van der Waals surface area contributed by atoms with Crippen LogP contribution in [0.4, 0.5) is 11.4 Å². The number of amides is 1. The lowest BCUT2D eigenvalue weighted by Gasteiger charge is -2.35. The number of allylic oxidation sites excluding steroid dienone is 1. The van der Waals surface area contributed by atoms with Gasteiger partial charge in [0.1, 0.15) is 0 Å². The Morgan fingerprint density at radius 3 is 2.53 bits per heavy atom. The van der Waals surface area contributed by atoms with Crippen LogP contribution < -0.4 is 10.6 Å². The molecule has 1 aliphatic rings. The average Bonchev–Trinajstić information content (AvgIpc) is 2.81. The van der Waals surface area contributed by atoms with Crippen molar-refractivity contribution >= 4 is 40.6 Å². The van der Waals surface area contributed by atoms with Gasteiger partial charge < -0.3 is 20.3 Å². The van der Waals surface area contributed by atoms with Crippen molar-refractivity contribution in [3.05, 3.63) is 81.0 Å². The van der Waals surface area contributed by atoms with Crippen LogP contribution in [0.1, 0.15) is 42.7 Å². The molecule has 1 aliphatic heterocycles. The Morgan fingerprint density at radius 1 is 1.24 bits per heavy atom. The van der Waals surface area contributed by atoms with Crippen molar-refractivity contribution in [3.8, 4) is 0 Å². The number of nitrogens with one attached hydrogen (secondary N) is 2. The predicted molar refractivity (Wildman–Crippen MR) is 132 cm³/mol.